The summed E-state index contributed by atoms with van der Waals surface area (Å²) >= 11 is 1.55. The van der Waals surface area contributed by atoms with Crippen LogP contribution in [0.25, 0.3) is 10.2 Å². The van der Waals surface area contributed by atoms with Crippen molar-refractivity contribution in [1.29, 1.82) is 0 Å². The molecule has 0 saturated carbocycles. The highest BCUT2D eigenvalue weighted by atomic mass is 35.5. The van der Waals surface area contributed by atoms with Crippen molar-refractivity contribution >= 4 is 45.0 Å². The van der Waals surface area contributed by atoms with Crippen LogP contribution in [0, 0.1) is 13.8 Å². The molecule has 1 aromatic heterocycles. The van der Waals surface area contributed by atoms with Gasteiger partial charge in [0.25, 0.3) is 5.91 Å². The normalized spacial score (nSPS) is 10.7. The van der Waals surface area contributed by atoms with Crippen LogP contribution >= 0.6 is 23.7 Å². The number of carbonyl (C=O) groups excluding carboxylic acids is 1. The average Bonchev–Trinajstić information content (AvgIpc) is 3.10. The van der Waals surface area contributed by atoms with E-state index in [0.29, 0.717) is 23.2 Å². The molecular formula is C22H28ClN3O3S. The van der Waals surface area contributed by atoms with E-state index < -0.39 is 0 Å². The fourth-order valence-corrected chi connectivity index (χ4v) is 4.08. The Morgan fingerprint density at radius 1 is 1.10 bits per heavy atom. The average molecular weight is 450 g/mol. The molecule has 3 rings (SSSR count). The van der Waals surface area contributed by atoms with E-state index in [4.69, 9.17) is 14.5 Å². The van der Waals surface area contributed by atoms with Gasteiger partial charge in [0.1, 0.15) is 11.5 Å². The third-order valence-corrected chi connectivity index (χ3v) is 5.74. The van der Waals surface area contributed by atoms with Gasteiger partial charge in [-0.25, -0.2) is 4.98 Å². The number of rotatable bonds is 8. The van der Waals surface area contributed by atoms with Crippen molar-refractivity contribution in [1.82, 2.24) is 9.88 Å². The first kappa shape index (κ1) is 23.9. The van der Waals surface area contributed by atoms with Crippen molar-refractivity contribution in [3.8, 4) is 11.5 Å². The number of carbonyl (C=O) groups is 1. The van der Waals surface area contributed by atoms with E-state index in [9.17, 15) is 4.79 Å². The topological polar surface area (TPSA) is 54.9 Å². The summed E-state index contributed by atoms with van der Waals surface area (Å²) in [6, 6.07) is 11.4. The van der Waals surface area contributed by atoms with E-state index in [1.807, 2.05) is 37.2 Å². The number of amides is 1. The molecule has 30 heavy (non-hydrogen) atoms. The fraction of sp³-hybridized carbons (Fsp3) is 0.364. The molecule has 0 bridgehead atoms. The Kier molecular flexibility index (Phi) is 8.46. The minimum absolute atomic E-state index is 0. The zero-order chi connectivity index (χ0) is 21.0. The summed E-state index contributed by atoms with van der Waals surface area (Å²) in [4.78, 5) is 21.5. The second kappa shape index (κ2) is 10.6. The van der Waals surface area contributed by atoms with Crippen LogP contribution in [-0.2, 0) is 4.79 Å². The van der Waals surface area contributed by atoms with Gasteiger partial charge in [-0.2, -0.15) is 0 Å². The predicted octanol–water partition coefficient (Wildman–Crippen LogP) is 4.32. The number of benzene rings is 2. The van der Waals surface area contributed by atoms with Gasteiger partial charge >= 0.3 is 0 Å². The summed E-state index contributed by atoms with van der Waals surface area (Å²) in [6.07, 6.45) is 0. The largest absolute Gasteiger partial charge is 0.497 e. The van der Waals surface area contributed by atoms with Gasteiger partial charge < -0.3 is 14.4 Å². The number of aromatic nitrogens is 1. The number of halogens is 1. The molecule has 0 spiro atoms. The van der Waals surface area contributed by atoms with Crippen molar-refractivity contribution in [2.45, 2.75) is 13.8 Å². The van der Waals surface area contributed by atoms with Gasteiger partial charge in [0.2, 0.25) is 0 Å². The molecule has 3 aromatic rings. The van der Waals surface area contributed by atoms with E-state index >= 15 is 0 Å². The first-order valence-corrected chi connectivity index (χ1v) is 10.3. The summed E-state index contributed by atoms with van der Waals surface area (Å²) in [5, 5.41) is 0.704. The number of fused-ring (bicyclic) bond motifs is 1. The number of hydrogen-bond acceptors (Lipinski definition) is 6. The van der Waals surface area contributed by atoms with Crippen LogP contribution in [0.15, 0.2) is 36.4 Å². The molecule has 1 amide bonds. The third-order valence-electron chi connectivity index (χ3n) is 4.52. The Morgan fingerprint density at radius 2 is 1.83 bits per heavy atom. The molecule has 0 unspecified atom stereocenters. The second-order valence-electron chi connectivity index (χ2n) is 7.24. The number of hydrogen-bond donors (Lipinski definition) is 0. The molecule has 8 heteroatoms. The van der Waals surface area contributed by atoms with E-state index in [1.165, 1.54) is 11.1 Å². The van der Waals surface area contributed by atoms with Crippen molar-refractivity contribution in [2.75, 3.05) is 45.8 Å². The smallest absolute Gasteiger partial charge is 0.266 e. The zero-order valence-electron chi connectivity index (χ0n) is 18.0. The Hall–Kier alpha value is -2.35. The van der Waals surface area contributed by atoms with Crippen LogP contribution in [0.4, 0.5) is 5.13 Å². The molecule has 0 aliphatic rings. The van der Waals surface area contributed by atoms with Crippen molar-refractivity contribution in [3.63, 3.8) is 0 Å². The van der Waals surface area contributed by atoms with Crippen LogP contribution in [-0.4, -0.2) is 56.7 Å². The van der Waals surface area contributed by atoms with Gasteiger partial charge in [-0.1, -0.05) is 23.5 Å². The van der Waals surface area contributed by atoms with Crippen molar-refractivity contribution in [2.24, 2.45) is 0 Å². The zero-order valence-corrected chi connectivity index (χ0v) is 19.6. The molecule has 0 saturated heterocycles. The van der Waals surface area contributed by atoms with E-state index in [0.717, 1.165) is 16.8 Å². The number of anilines is 1. The molecule has 0 N–H and O–H groups in total. The Balaban J connectivity index is 0.00000320. The number of ether oxygens (including phenoxy) is 2. The monoisotopic (exact) mass is 449 g/mol. The minimum atomic E-state index is -0.122. The van der Waals surface area contributed by atoms with E-state index in [-0.39, 0.29) is 24.9 Å². The molecule has 0 fully saturated rings. The number of likely N-dealkylation sites (N-methyl/N-ethyl adjacent to an activating group) is 1. The standard InChI is InChI=1S/C22H27N3O3S.ClH/c1-15-11-16(2)21-19(12-15)23-22(29-21)25(10-9-24(3)4)20(26)14-28-18-8-6-7-17(13-18)27-5;/h6-8,11-13H,9-10,14H2,1-5H3;1H. The maximum absolute atomic E-state index is 13.0. The molecule has 1 heterocycles. The van der Waals surface area contributed by atoms with E-state index in [1.54, 1.807) is 29.4 Å². The Morgan fingerprint density at radius 3 is 2.53 bits per heavy atom. The highest BCUT2D eigenvalue weighted by molar-refractivity contribution is 7.22. The quantitative estimate of drug-likeness (QED) is 0.512. The van der Waals surface area contributed by atoms with Crippen LogP contribution in [0.5, 0.6) is 11.5 Å². The Labute approximate surface area is 187 Å². The van der Waals surface area contributed by atoms with Gasteiger partial charge in [0, 0.05) is 19.2 Å². The van der Waals surface area contributed by atoms with Gasteiger partial charge in [0.15, 0.2) is 11.7 Å². The van der Waals surface area contributed by atoms with Crippen LogP contribution in [0.3, 0.4) is 0 Å². The van der Waals surface area contributed by atoms with Crippen LogP contribution in [0.2, 0.25) is 0 Å². The van der Waals surface area contributed by atoms with Gasteiger partial charge in [0.05, 0.1) is 17.3 Å². The van der Waals surface area contributed by atoms with E-state index in [2.05, 4.69) is 26.0 Å². The summed E-state index contributed by atoms with van der Waals surface area (Å²) in [7, 11) is 5.58. The lowest BCUT2D eigenvalue weighted by Gasteiger charge is -2.22. The lowest BCUT2D eigenvalue weighted by atomic mass is 10.1. The number of thiazole rings is 1. The van der Waals surface area contributed by atoms with Crippen molar-refractivity contribution in [3.05, 3.63) is 47.5 Å². The SMILES string of the molecule is COc1cccc(OCC(=O)N(CCN(C)C)c2nc3cc(C)cc(C)c3s2)c1.Cl. The van der Waals surface area contributed by atoms with Crippen LogP contribution < -0.4 is 14.4 Å². The maximum Gasteiger partial charge on any atom is 0.266 e. The number of nitrogens with zero attached hydrogens (tertiary/aromatic N) is 3. The molecule has 6 nitrogen and oxygen atoms in total. The fourth-order valence-electron chi connectivity index (χ4n) is 3.02. The van der Waals surface area contributed by atoms with Gasteiger partial charge in [-0.05, 0) is 57.3 Å². The first-order valence-electron chi connectivity index (χ1n) is 9.47. The first-order chi connectivity index (χ1) is 13.9. The van der Waals surface area contributed by atoms with Crippen molar-refractivity contribution < 1.29 is 14.3 Å². The number of aryl methyl sites for hydroxylation is 2. The molecule has 0 aliphatic heterocycles. The molecule has 0 aliphatic carbocycles. The summed E-state index contributed by atoms with van der Waals surface area (Å²) in [5.74, 6) is 1.17. The number of methoxy groups -OCH3 is 1. The van der Waals surface area contributed by atoms with Gasteiger partial charge in [-0.15, -0.1) is 12.4 Å². The molecule has 0 atom stereocenters. The molecular weight excluding hydrogens is 422 g/mol. The van der Waals surface area contributed by atoms with Crippen LogP contribution in [0.1, 0.15) is 11.1 Å². The molecule has 2 aromatic carbocycles. The molecule has 162 valence electrons. The third kappa shape index (κ3) is 5.84. The predicted molar refractivity (Wildman–Crippen MR) is 126 cm³/mol. The maximum atomic E-state index is 13.0. The highest BCUT2D eigenvalue weighted by Gasteiger charge is 2.21. The Bertz CT molecular complexity index is 1010. The summed E-state index contributed by atoms with van der Waals surface area (Å²) < 4.78 is 12.1. The summed E-state index contributed by atoms with van der Waals surface area (Å²) in [5.41, 5.74) is 3.27. The van der Waals surface area contributed by atoms with Gasteiger partial charge in [-0.3, -0.25) is 9.69 Å². The summed E-state index contributed by atoms with van der Waals surface area (Å²) in [6.45, 7) is 5.36. The molecule has 0 radical (unpaired) electrons. The second-order valence-corrected chi connectivity index (χ2v) is 8.22. The minimum Gasteiger partial charge on any atom is -0.497 e. The lowest BCUT2D eigenvalue weighted by Crippen LogP contribution is -2.39. The highest BCUT2D eigenvalue weighted by Crippen LogP contribution is 2.32. The lowest BCUT2D eigenvalue weighted by molar-refractivity contribution is -0.120.